The van der Waals surface area contributed by atoms with Gasteiger partial charge in [0.1, 0.15) is 0 Å². The summed E-state index contributed by atoms with van der Waals surface area (Å²) in [5, 5.41) is 0. The number of hydrogen-bond acceptors (Lipinski definition) is 1. The first-order chi connectivity index (χ1) is 15.3. The summed E-state index contributed by atoms with van der Waals surface area (Å²) in [5.74, 6) is 6.83. The molecule has 31 heavy (non-hydrogen) atoms. The van der Waals surface area contributed by atoms with E-state index in [4.69, 9.17) is 4.99 Å². The van der Waals surface area contributed by atoms with Crippen molar-refractivity contribution in [2.24, 2.45) is 4.99 Å². The van der Waals surface area contributed by atoms with Crippen LogP contribution in [-0.4, -0.2) is 19.6 Å². The number of aliphatic imine (C=N–C) groups is 1. The molecule has 4 aromatic rings. The number of rotatable bonds is 5. The molecule has 0 fully saturated rings. The van der Waals surface area contributed by atoms with E-state index in [9.17, 15) is 0 Å². The van der Waals surface area contributed by atoms with E-state index in [-0.39, 0.29) is 20.9 Å². The fourth-order valence-corrected chi connectivity index (χ4v) is 5.24. The van der Waals surface area contributed by atoms with E-state index < -0.39 is 0 Å². The molecular weight excluding hydrogens is 441 g/mol. The van der Waals surface area contributed by atoms with Gasteiger partial charge in [-0.2, -0.15) is 0 Å². The van der Waals surface area contributed by atoms with Crippen molar-refractivity contribution in [3.8, 4) is 11.8 Å². The van der Waals surface area contributed by atoms with Crippen LogP contribution < -0.4 is 4.46 Å². The van der Waals surface area contributed by atoms with Crippen LogP contribution in [0.15, 0.2) is 120 Å². The molecule has 150 valence electrons. The molecule has 0 heterocycles. The SMILES string of the molecule is CC(C(=Nc1ccccc1C#Cc1ccccc1)[Se]c1ccccc1)c1ccccc1. The van der Waals surface area contributed by atoms with Crippen LogP contribution in [0.5, 0.6) is 0 Å². The fourth-order valence-electron chi connectivity index (χ4n) is 3.16. The summed E-state index contributed by atoms with van der Waals surface area (Å²) in [7, 11) is 0. The molecule has 0 aliphatic rings. The standard InChI is InChI=1S/C29H23NSe/c1-23(25-15-7-3-8-16-25)29(31-27-18-9-4-10-19-27)30-28-20-12-11-17-26(28)22-21-24-13-5-2-6-14-24/h2-20,23H,1H3. The molecule has 0 bridgehead atoms. The number of hydrogen-bond donors (Lipinski definition) is 0. The molecule has 0 saturated heterocycles. The van der Waals surface area contributed by atoms with E-state index in [2.05, 4.69) is 91.6 Å². The zero-order chi connectivity index (χ0) is 21.3. The van der Waals surface area contributed by atoms with Gasteiger partial charge in [0.05, 0.1) is 0 Å². The van der Waals surface area contributed by atoms with E-state index in [1.165, 1.54) is 14.6 Å². The summed E-state index contributed by atoms with van der Waals surface area (Å²) in [4.78, 5) is 5.18. The topological polar surface area (TPSA) is 12.4 Å². The Morgan fingerprint density at radius 3 is 1.97 bits per heavy atom. The third-order valence-electron chi connectivity index (χ3n) is 4.89. The monoisotopic (exact) mass is 465 g/mol. The maximum absolute atomic E-state index is 5.18. The van der Waals surface area contributed by atoms with Crippen LogP contribution in [0, 0.1) is 11.8 Å². The summed E-state index contributed by atoms with van der Waals surface area (Å²) < 4.78 is 2.52. The van der Waals surface area contributed by atoms with Gasteiger partial charge in [0.25, 0.3) is 0 Å². The van der Waals surface area contributed by atoms with Gasteiger partial charge in [0.15, 0.2) is 0 Å². The van der Waals surface area contributed by atoms with Gasteiger partial charge in [-0.05, 0) is 0 Å². The van der Waals surface area contributed by atoms with Gasteiger partial charge in [-0.15, -0.1) is 0 Å². The van der Waals surface area contributed by atoms with Crippen molar-refractivity contribution in [2.45, 2.75) is 12.8 Å². The van der Waals surface area contributed by atoms with Crippen LogP contribution in [-0.2, 0) is 0 Å². The van der Waals surface area contributed by atoms with Crippen molar-refractivity contribution in [3.05, 3.63) is 132 Å². The average Bonchev–Trinajstić information content (AvgIpc) is 2.84. The van der Waals surface area contributed by atoms with Crippen molar-refractivity contribution >= 4 is 29.7 Å². The molecule has 0 aromatic heterocycles. The molecule has 0 aliphatic carbocycles. The van der Waals surface area contributed by atoms with Gasteiger partial charge in [-0.1, -0.05) is 0 Å². The molecule has 0 amide bonds. The Hall–Kier alpha value is -3.37. The van der Waals surface area contributed by atoms with Crippen molar-refractivity contribution in [2.75, 3.05) is 0 Å². The Labute approximate surface area is 191 Å². The first-order valence-electron chi connectivity index (χ1n) is 10.3. The molecule has 1 unspecified atom stereocenters. The summed E-state index contributed by atoms with van der Waals surface area (Å²) in [6.07, 6.45) is 0. The van der Waals surface area contributed by atoms with E-state index in [1.807, 2.05) is 42.5 Å². The summed E-state index contributed by atoms with van der Waals surface area (Å²) >= 11 is 0.122. The van der Waals surface area contributed by atoms with Gasteiger partial charge in [-0.3, -0.25) is 0 Å². The van der Waals surface area contributed by atoms with Gasteiger partial charge < -0.3 is 0 Å². The van der Waals surface area contributed by atoms with Crippen molar-refractivity contribution < 1.29 is 0 Å². The molecule has 0 radical (unpaired) electrons. The van der Waals surface area contributed by atoms with Gasteiger partial charge in [-0.25, -0.2) is 0 Å². The molecule has 0 N–H and O–H groups in total. The van der Waals surface area contributed by atoms with Crippen LogP contribution in [0.4, 0.5) is 5.69 Å². The Morgan fingerprint density at radius 1 is 0.677 bits per heavy atom. The normalized spacial score (nSPS) is 12.0. The summed E-state index contributed by atoms with van der Waals surface area (Å²) in [5.41, 5.74) is 4.18. The molecule has 4 rings (SSSR count). The van der Waals surface area contributed by atoms with E-state index in [1.54, 1.807) is 0 Å². The van der Waals surface area contributed by atoms with Crippen molar-refractivity contribution in [1.29, 1.82) is 0 Å². The number of nitrogens with zero attached hydrogens (tertiary/aromatic N) is 1. The fraction of sp³-hybridized carbons (Fsp3) is 0.0690. The summed E-state index contributed by atoms with van der Waals surface area (Å²) in [6.45, 7) is 2.25. The molecule has 0 aliphatic heterocycles. The molecule has 4 aromatic carbocycles. The van der Waals surface area contributed by atoms with E-state index >= 15 is 0 Å². The minimum atomic E-state index is 0.122. The van der Waals surface area contributed by atoms with Crippen molar-refractivity contribution in [1.82, 2.24) is 0 Å². The predicted octanol–water partition coefficient (Wildman–Crippen LogP) is 5.95. The Kier molecular flexibility index (Phi) is 7.14. The molecule has 0 saturated carbocycles. The second kappa shape index (κ2) is 10.6. The van der Waals surface area contributed by atoms with Gasteiger partial charge in [0.2, 0.25) is 0 Å². The third-order valence-corrected chi connectivity index (χ3v) is 7.32. The minimum absolute atomic E-state index is 0.122. The number of para-hydroxylation sites is 1. The molecule has 1 nitrogen and oxygen atoms in total. The summed E-state index contributed by atoms with van der Waals surface area (Å²) in [6, 6.07) is 39.5. The average molecular weight is 464 g/mol. The van der Waals surface area contributed by atoms with Gasteiger partial charge in [0, 0.05) is 0 Å². The molecule has 0 spiro atoms. The second-order valence-corrected chi connectivity index (χ2v) is 9.43. The zero-order valence-corrected chi connectivity index (χ0v) is 19.1. The van der Waals surface area contributed by atoms with Crippen molar-refractivity contribution in [3.63, 3.8) is 0 Å². The molecule has 2 heteroatoms. The molecule has 1 atom stereocenters. The van der Waals surface area contributed by atoms with Gasteiger partial charge >= 0.3 is 191 Å². The Morgan fingerprint density at radius 2 is 1.26 bits per heavy atom. The first-order valence-corrected chi connectivity index (χ1v) is 12.0. The quantitative estimate of drug-likeness (QED) is 0.197. The molecular formula is C29H23NSe. The van der Waals surface area contributed by atoms with E-state index in [0.717, 1.165) is 16.8 Å². The second-order valence-electron chi connectivity index (χ2n) is 7.13. The first kappa shape index (κ1) is 20.9. The zero-order valence-electron chi connectivity index (χ0n) is 17.4. The maximum atomic E-state index is 5.18. The van der Waals surface area contributed by atoms with Crippen LogP contribution >= 0.6 is 0 Å². The Bertz CT molecular complexity index is 1200. The van der Waals surface area contributed by atoms with Crippen LogP contribution in [0.25, 0.3) is 0 Å². The van der Waals surface area contributed by atoms with Crippen LogP contribution in [0.1, 0.15) is 29.5 Å². The third kappa shape index (κ3) is 5.83. The predicted molar refractivity (Wildman–Crippen MR) is 133 cm³/mol. The van der Waals surface area contributed by atoms with Crippen LogP contribution in [0.2, 0.25) is 0 Å². The number of benzene rings is 4. The van der Waals surface area contributed by atoms with Crippen LogP contribution in [0.3, 0.4) is 0 Å². The van der Waals surface area contributed by atoms with E-state index in [0.29, 0.717) is 0 Å². The Balaban J connectivity index is 1.73.